The van der Waals surface area contributed by atoms with E-state index in [-0.39, 0.29) is 41.9 Å². The fraction of sp³-hybridized carbons (Fsp3) is 0.600. The predicted molar refractivity (Wildman–Crippen MR) is 147 cm³/mol. The molecule has 0 heterocycles. The van der Waals surface area contributed by atoms with Crippen LogP contribution in [0.5, 0.6) is 0 Å². The minimum absolute atomic E-state index is 0.108. The average Bonchev–Trinajstić information content (AvgIpc) is 3.23. The van der Waals surface area contributed by atoms with Gasteiger partial charge in [0.15, 0.2) is 0 Å². The molecule has 5 rings (SSSR count). The zero-order chi connectivity index (χ0) is 26.2. The van der Waals surface area contributed by atoms with Gasteiger partial charge in [-0.3, -0.25) is 9.59 Å². The largest absolute Gasteiger partial charge is 0.461 e. The number of hydrogen-bond donors (Lipinski definition) is 4. The summed E-state index contributed by atoms with van der Waals surface area (Å²) in [5.74, 6) is 1.27. The molecule has 0 saturated heterocycles. The van der Waals surface area contributed by atoms with Gasteiger partial charge in [-0.1, -0.05) is 43.7 Å². The molecule has 4 aliphatic rings. The van der Waals surface area contributed by atoms with E-state index in [2.05, 4.69) is 66.2 Å². The number of esters is 1. The molecule has 0 bridgehead atoms. The molecule has 200 valence electrons. The highest BCUT2D eigenvalue weighted by molar-refractivity contribution is 5.83. The van der Waals surface area contributed by atoms with Crippen molar-refractivity contribution in [2.45, 2.75) is 64.9 Å². The van der Waals surface area contributed by atoms with Gasteiger partial charge in [0, 0.05) is 24.6 Å². The zero-order valence-corrected chi connectivity index (χ0v) is 22.4. The van der Waals surface area contributed by atoms with E-state index >= 15 is 0 Å². The lowest BCUT2D eigenvalue weighted by molar-refractivity contribution is -0.151. The number of carbonyl (C=O) groups excluding carboxylic acids is 2. The van der Waals surface area contributed by atoms with Crippen LogP contribution in [0.2, 0.25) is 0 Å². The van der Waals surface area contributed by atoms with Crippen LogP contribution >= 0.6 is 0 Å². The number of para-hydroxylation sites is 2. The number of allylic oxidation sites excluding steroid dienone is 3. The second-order valence-corrected chi connectivity index (χ2v) is 11.8. The topological polar surface area (TPSA) is 105 Å². The van der Waals surface area contributed by atoms with Gasteiger partial charge < -0.3 is 26.4 Å². The van der Waals surface area contributed by atoms with Crippen LogP contribution in [0.1, 0.15) is 58.8 Å². The molecule has 2 saturated carbocycles. The lowest BCUT2D eigenvalue weighted by Crippen LogP contribution is -2.50. The lowest BCUT2D eigenvalue weighted by atomic mass is 9.48. The van der Waals surface area contributed by atoms with E-state index in [9.17, 15) is 9.59 Å². The monoisotopic (exact) mass is 506 g/mol. The number of nitrogens with two attached hydrogens (primary N) is 1. The first-order valence-corrected chi connectivity index (χ1v) is 13.9. The summed E-state index contributed by atoms with van der Waals surface area (Å²) >= 11 is 0. The standard InChI is InChI=1S/C30H42N4O3/c1-29-14-12-20(37-28(36)18-33-27(35)17-31)16-19(29)8-9-21-22-10-11-26(30(22,2)15-13-23(21)29)34-25-7-5-4-6-24(25)32-3/h4-8,11,20-23,32,34H,9-10,12-18,31H2,1-3H3,(H,33,35)/t20-,21?,22?,23?,29-,30-/m0/s1. The average molecular weight is 507 g/mol. The highest BCUT2D eigenvalue weighted by atomic mass is 16.5. The molecule has 3 unspecified atom stereocenters. The third-order valence-electron chi connectivity index (χ3n) is 10.0. The zero-order valence-electron chi connectivity index (χ0n) is 22.4. The summed E-state index contributed by atoms with van der Waals surface area (Å²) in [4.78, 5) is 23.6. The van der Waals surface area contributed by atoms with Gasteiger partial charge in [0.25, 0.3) is 0 Å². The molecule has 0 aliphatic heterocycles. The summed E-state index contributed by atoms with van der Waals surface area (Å²) < 4.78 is 5.73. The van der Waals surface area contributed by atoms with Gasteiger partial charge in [-0.15, -0.1) is 0 Å². The molecule has 0 spiro atoms. The Morgan fingerprint density at radius 3 is 2.54 bits per heavy atom. The van der Waals surface area contributed by atoms with Crippen LogP contribution in [0.25, 0.3) is 0 Å². The van der Waals surface area contributed by atoms with Crippen LogP contribution in [0.4, 0.5) is 11.4 Å². The maximum absolute atomic E-state index is 12.2. The fourth-order valence-corrected chi connectivity index (χ4v) is 7.91. The van der Waals surface area contributed by atoms with E-state index in [0.717, 1.165) is 43.5 Å². The lowest BCUT2D eigenvalue weighted by Gasteiger charge is -2.57. The summed E-state index contributed by atoms with van der Waals surface area (Å²) in [6.45, 7) is 4.70. The third kappa shape index (κ3) is 4.67. The van der Waals surface area contributed by atoms with E-state index in [1.54, 1.807) is 0 Å². The first-order valence-electron chi connectivity index (χ1n) is 13.9. The molecule has 0 aromatic heterocycles. The molecule has 1 aromatic carbocycles. The summed E-state index contributed by atoms with van der Waals surface area (Å²) in [5.41, 5.74) is 10.8. The van der Waals surface area contributed by atoms with Crippen molar-refractivity contribution in [3.63, 3.8) is 0 Å². The van der Waals surface area contributed by atoms with Crippen molar-refractivity contribution in [2.75, 3.05) is 30.8 Å². The molecule has 7 nitrogen and oxygen atoms in total. The first-order chi connectivity index (χ1) is 17.8. The van der Waals surface area contributed by atoms with Crippen molar-refractivity contribution in [1.29, 1.82) is 0 Å². The van der Waals surface area contributed by atoms with E-state index < -0.39 is 0 Å². The highest BCUT2D eigenvalue weighted by Crippen LogP contribution is 2.65. The third-order valence-corrected chi connectivity index (χ3v) is 10.0. The number of anilines is 2. The van der Waals surface area contributed by atoms with Crippen LogP contribution in [0, 0.1) is 28.6 Å². The number of amides is 1. The molecular weight excluding hydrogens is 464 g/mol. The number of nitrogens with one attached hydrogen (secondary N) is 3. The van der Waals surface area contributed by atoms with Gasteiger partial charge in [0.2, 0.25) is 5.91 Å². The fourth-order valence-electron chi connectivity index (χ4n) is 7.91. The first kappa shape index (κ1) is 25.8. The molecule has 1 amide bonds. The van der Waals surface area contributed by atoms with Crippen LogP contribution < -0.4 is 21.7 Å². The number of hydrogen-bond acceptors (Lipinski definition) is 6. The number of fused-ring (bicyclic) bond motifs is 5. The summed E-state index contributed by atoms with van der Waals surface area (Å²) in [7, 11) is 1.97. The van der Waals surface area contributed by atoms with Crippen LogP contribution in [-0.4, -0.2) is 38.1 Å². The van der Waals surface area contributed by atoms with Crippen LogP contribution in [-0.2, 0) is 14.3 Å². The van der Waals surface area contributed by atoms with Crippen LogP contribution in [0.15, 0.2) is 47.7 Å². The van der Waals surface area contributed by atoms with Gasteiger partial charge in [-0.25, -0.2) is 0 Å². The van der Waals surface area contributed by atoms with Crippen molar-refractivity contribution in [2.24, 2.45) is 34.3 Å². The molecule has 4 aliphatic carbocycles. The minimum Gasteiger partial charge on any atom is -0.461 e. The maximum atomic E-state index is 12.2. The molecule has 0 radical (unpaired) electrons. The Labute approximate surface area is 220 Å². The Bertz CT molecular complexity index is 1110. The second kappa shape index (κ2) is 10.2. The number of benzene rings is 1. The molecule has 1 aromatic rings. The molecule has 37 heavy (non-hydrogen) atoms. The highest BCUT2D eigenvalue weighted by Gasteiger charge is 2.57. The number of carbonyl (C=O) groups is 2. The normalized spacial score (nSPS) is 34.2. The molecule has 5 N–H and O–H groups in total. The van der Waals surface area contributed by atoms with Gasteiger partial charge in [0.05, 0.1) is 17.9 Å². The molecule has 6 atom stereocenters. The quantitative estimate of drug-likeness (QED) is 0.319. The van der Waals surface area contributed by atoms with Crippen molar-refractivity contribution >= 4 is 23.3 Å². The molecular formula is C30H42N4O3. The molecule has 2 fully saturated rings. The van der Waals surface area contributed by atoms with E-state index in [0.29, 0.717) is 17.8 Å². The second-order valence-electron chi connectivity index (χ2n) is 11.8. The SMILES string of the molecule is CNc1ccccc1NC1=CCC2C3CC=C4C[C@@H](OC(=O)CNC(=O)CN)CC[C@]4(C)C3CC[C@]12C. The van der Waals surface area contributed by atoms with Crippen LogP contribution in [0.3, 0.4) is 0 Å². The van der Waals surface area contributed by atoms with Gasteiger partial charge in [0.1, 0.15) is 12.6 Å². The van der Waals surface area contributed by atoms with Crippen molar-refractivity contribution in [3.05, 3.63) is 47.7 Å². The molecule has 7 heteroatoms. The van der Waals surface area contributed by atoms with E-state index in [1.807, 2.05) is 7.05 Å². The maximum Gasteiger partial charge on any atom is 0.325 e. The van der Waals surface area contributed by atoms with E-state index in [1.165, 1.54) is 24.1 Å². The number of rotatable bonds is 7. The summed E-state index contributed by atoms with van der Waals surface area (Å²) in [6, 6.07) is 8.43. The Balaban J connectivity index is 1.26. The summed E-state index contributed by atoms with van der Waals surface area (Å²) in [6.07, 6.45) is 12.2. The number of ether oxygens (including phenoxy) is 1. The van der Waals surface area contributed by atoms with E-state index in [4.69, 9.17) is 10.5 Å². The Morgan fingerprint density at radius 2 is 1.78 bits per heavy atom. The Morgan fingerprint density at radius 1 is 1.03 bits per heavy atom. The predicted octanol–water partition coefficient (Wildman–Crippen LogP) is 4.58. The van der Waals surface area contributed by atoms with Gasteiger partial charge in [-0.05, 0) is 73.8 Å². The van der Waals surface area contributed by atoms with Crippen molar-refractivity contribution in [3.8, 4) is 0 Å². The van der Waals surface area contributed by atoms with Gasteiger partial charge in [-0.2, -0.15) is 0 Å². The summed E-state index contributed by atoms with van der Waals surface area (Å²) in [5, 5.41) is 9.63. The minimum atomic E-state index is -0.380. The van der Waals surface area contributed by atoms with Crippen molar-refractivity contribution in [1.82, 2.24) is 5.32 Å². The van der Waals surface area contributed by atoms with Crippen molar-refractivity contribution < 1.29 is 14.3 Å². The van der Waals surface area contributed by atoms with Gasteiger partial charge >= 0.3 is 5.97 Å². The Kier molecular flexibility index (Phi) is 7.10. The smallest absolute Gasteiger partial charge is 0.325 e. The Hall–Kier alpha value is -2.80.